The average molecular weight is 468 g/mol. The van der Waals surface area contributed by atoms with Crippen molar-refractivity contribution in [3.05, 3.63) is 136 Å². The monoisotopic (exact) mass is 467 g/mol. The Morgan fingerprint density at radius 2 is 1.26 bits per heavy atom. The molecule has 34 heavy (non-hydrogen) atoms. The molecular formula is C28H18ClNO4. The minimum absolute atomic E-state index is 0.158. The number of anilines is 1. The van der Waals surface area contributed by atoms with E-state index in [1.165, 1.54) is 18.2 Å². The van der Waals surface area contributed by atoms with Gasteiger partial charge < -0.3 is 4.74 Å². The van der Waals surface area contributed by atoms with Crippen LogP contribution in [-0.4, -0.2) is 17.8 Å². The molecule has 0 N–H and O–H groups in total. The summed E-state index contributed by atoms with van der Waals surface area (Å²) in [7, 11) is 0. The number of halogens is 1. The van der Waals surface area contributed by atoms with Gasteiger partial charge in [0.2, 0.25) is 0 Å². The van der Waals surface area contributed by atoms with Crippen molar-refractivity contribution < 1.29 is 19.1 Å². The van der Waals surface area contributed by atoms with Gasteiger partial charge in [-0.3, -0.25) is 9.59 Å². The molecule has 0 aliphatic carbocycles. The summed E-state index contributed by atoms with van der Waals surface area (Å²) in [5, 5.41) is 0.497. The molecule has 166 valence electrons. The van der Waals surface area contributed by atoms with Gasteiger partial charge in [0.1, 0.15) is 0 Å². The fraction of sp³-hybridized carbons (Fsp3) is 0.0357. The van der Waals surface area contributed by atoms with Crippen molar-refractivity contribution in [3.63, 3.8) is 0 Å². The number of esters is 1. The van der Waals surface area contributed by atoms with E-state index in [1.807, 2.05) is 60.7 Å². The van der Waals surface area contributed by atoms with Crippen molar-refractivity contribution in [1.82, 2.24) is 0 Å². The Hall–Kier alpha value is -4.22. The molecule has 0 saturated heterocycles. The Kier molecular flexibility index (Phi) is 5.70. The minimum Gasteiger partial charge on any atom is -0.449 e. The van der Waals surface area contributed by atoms with Gasteiger partial charge in [-0.2, -0.15) is 0 Å². The SMILES string of the molecule is O=C(OC(c1ccccc1)c1ccccc1)c1ccc2c(c1)C(=O)N(c1ccc(Cl)cc1)C2=O. The second-order valence-electron chi connectivity index (χ2n) is 7.79. The molecule has 2 amide bonds. The molecule has 6 heteroatoms. The summed E-state index contributed by atoms with van der Waals surface area (Å²) in [5.41, 5.74) is 2.64. The molecule has 0 bridgehead atoms. The standard InChI is InChI=1S/C28H18ClNO4/c29-21-12-14-22(15-13-21)30-26(31)23-16-11-20(17-24(23)27(30)32)28(33)34-25(18-7-3-1-4-8-18)19-9-5-2-6-10-19/h1-17,25H. The molecule has 0 radical (unpaired) electrons. The predicted molar refractivity (Wildman–Crippen MR) is 129 cm³/mol. The van der Waals surface area contributed by atoms with E-state index in [2.05, 4.69) is 0 Å². The van der Waals surface area contributed by atoms with Crippen LogP contribution < -0.4 is 4.90 Å². The highest BCUT2D eigenvalue weighted by Crippen LogP contribution is 2.31. The number of rotatable bonds is 5. The van der Waals surface area contributed by atoms with Crippen molar-refractivity contribution in [2.24, 2.45) is 0 Å². The van der Waals surface area contributed by atoms with E-state index in [0.29, 0.717) is 10.7 Å². The van der Waals surface area contributed by atoms with Crippen molar-refractivity contribution >= 4 is 35.1 Å². The zero-order valence-electron chi connectivity index (χ0n) is 17.9. The highest BCUT2D eigenvalue weighted by atomic mass is 35.5. The molecule has 5 rings (SSSR count). The van der Waals surface area contributed by atoms with E-state index >= 15 is 0 Å². The van der Waals surface area contributed by atoms with Crippen molar-refractivity contribution in [2.75, 3.05) is 4.90 Å². The number of carbonyl (C=O) groups is 3. The number of nitrogens with zero attached hydrogens (tertiary/aromatic N) is 1. The molecule has 0 atom stereocenters. The highest BCUT2D eigenvalue weighted by Gasteiger charge is 2.37. The Bertz CT molecular complexity index is 1350. The Morgan fingerprint density at radius 1 is 0.706 bits per heavy atom. The number of hydrogen-bond donors (Lipinski definition) is 0. The first kappa shape index (κ1) is 21.6. The van der Waals surface area contributed by atoms with Crippen LogP contribution in [-0.2, 0) is 4.74 Å². The van der Waals surface area contributed by atoms with Crippen LogP contribution in [0.3, 0.4) is 0 Å². The van der Waals surface area contributed by atoms with E-state index in [-0.39, 0.29) is 16.7 Å². The maximum atomic E-state index is 13.1. The maximum absolute atomic E-state index is 13.1. The second kappa shape index (κ2) is 8.96. The third-order valence-electron chi connectivity index (χ3n) is 5.64. The zero-order valence-corrected chi connectivity index (χ0v) is 18.6. The van der Waals surface area contributed by atoms with Gasteiger partial charge >= 0.3 is 5.97 Å². The number of ether oxygens (including phenoxy) is 1. The van der Waals surface area contributed by atoms with Crippen molar-refractivity contribution in [2.45, 2.75) is 6.10 Å². The van der Waals surface area contributed by atoms with Crippen LogP contribution in [0.5, 0.6) is 0 Å². The van der Waals surface area contributed by atoms with Gasteiger partial charge in [0.15, 0.2) is 6.10 Å². The summed E-state index contributed by atoms with van der Waals surface area (Å²) >= 11 is 5.93. The number of fused-ring (bicyclic) bond motifs is 1. The molecule has 0 spiro atoms. The lowest BCUT2D eigenvalue weighted by molar-refractivity contribution is 0.0378. The van der Waals surface area contributed by atoms with Gasteiger partial charge in [0.25, 0.3) is 11.8 Å². The highest BCUT2D eigenvalue weighted by molar-refractivity contribution is 6.35. The van der Waals surface area contributed by atoms with Gasteiger partial charge in [-0.1, -0.05) is 72.3 Å². The number of imide groups is 1. The lowest BCUT2D eigenvalue weighted by Gasteiger charge is -2.19. The van der Waals surface area contributed by atoms with E-state index in [4.69, 9.17) is 16.3 Å². The maximum Gasteiger partial charge on any atom is 0.339 e. The fourth-order valence-electron chi connectivity index (χ4n) is 3.95. The van der Waals surface area contributed by atoms with Crippen molar-refractivity contribution in [1.29, 1.82) is 0 Å². The molecule has 4 aromatic carbocycles. The third kappa shape index (κ3) is 3.98. The first-order valence-electron chi connectivity index (χ1n) is 10.6. The number of hydrogen-bond acceptors (Lipinski definition) is 4. The van der Waals surface area contributed by atoms with Crippen LogP contribution in [0.4, 0.5) is 5.69 Å². The number of amides is 2. The summed E-state index contributed by atoms with van der Waals surface area (Å²) in [6.45, 7) is 0. The fourth-order valence-corrected chi connectivity index (χ4v) is 4.08. The molecule has 0 fully saturated rings. The number of carbonyl (C=O) groups excluding carboxylic acids is 3. The zero-order chi connectivity index (χ0) is 23.7. The summed E-state index contributed by atoms with van der Waals surface area (Å²) in [5.74, 6) is -1.54. The largest absolute Gasteiger partial charge is 0.449 e. The Labute approximate surface area is 201 Å². The van der Waals surface area contributed by atoms with Gasteiger partial charge in [-0.05, 0) is 53.6 Å². The smallest absolute Gasteiger partial charge is 0.339 e. The van der Waals surface area contributed by atoms with Crippen LogP contribution in [0.1, 0.15) is 48.3 Å². The third-order valence-corrected chi connectivity index (χ3v) is 5.89. The summed E-state index contributed by atoms with van der Waals surface area (Å²) in [6.07, 6.45) is -0.619. The Balaban J connectivity index is 1.45. The predicted octanol–water partition coefficient (Wildman–Crippen LogP) is 6.09. The number of benzene rings is 4. The van der Waals surface area contributed by atoms with E-state index in [9.17, 15) is 14.4 Å². The summed E-state index contributed by atoms with van der Waals surface area (Å²) in [6, 6.07) is 29.7. The van der Waals surface area contributed by atoms with Crippen molar-refractivity contribution in [3.8, 4) is 0 Å². The first-order chi connectivity index (χ1) is 16.5. The van der Waals surface area contributed by atoms with Crippen LogP contribution in [0.2, 0.25) is 5.02 Å². The van der Waals surface area contributed by atoms with Crippen LogP contribution in [0.25, 0.3) is 0 Å². The lowest BCUT2D eigenvalue weighted by atomic mass is 10.0. The second-order valence-corrected chi connectivity index (χ2v) is 8.23. The van der Waals surface area contributed by atoms with Gasteiger partial charge in [0.05, 0.1) is 22.4 Å². The topological polar surface area (TPSA) is 63.7 Å². The van der Waals surface area contributed by atoms with E-state index < -0.39 is 23.9 Å². The molecule has 0 saturated carbocycles. The lowest BCUT2D eigenvalue weighted by Crippen LogP contribution is -2.29. The Morgan fingerprint density at radius 3 is 1.85 bits per heavy atom. The summed E-state index contributed by atoms with van der Waals surface area (Å²) < 4.78 is 5.89. The van der Waals surface area contributed by atoms with E-state index in [1.54, 1.807) is 24.3 Å². The molecular weight excluding hydrogens is 450 g/mol. The molecule has 1 aliphatic heterocycles. The molecule has 4 aromatic rings. The quantitative estimate of drug-likeness (QED) is 0.263. The normalized spacial score (nSPS) is 12.7. The van der Waals surface area contributed by atoms with Gasteiger partial charge in [-0.15, -0.1) is 0 Å². The van der Waals surface area contributed by atoms with Gasteiger partial charge in [0, 0.05) is 5.02 Å². The molecule has 5 nitrogen and oxygen atoms in total. The van der Waals surface area contributed by atoms with Crippen LogP contribution >= 0.6 is 11.6 Å². The average Bonchev–Trinajstić information content (AvgIpc) is 3.13. The molecule has 1 aliphatic rings. The molecule has 0 aromatic heterocycles. The first-order valence-corrected chi connectivity index (χ1v) is 11.0. The van der Waals surface area contributed by atoms with Crippen LogP contribution in [0, 0.1) is 0 Å². The van der Waals surface area contributed by atoms with Gasteiger partial charge in [-0.25, -0.2) is 9.69 Å². The van der Waals surface area contributed by atoms with E-state index in [0.717, 1.165) is 16.0 Å². The molecule has 0 unspecified atom stereocenters. The molecule has 1 heterocycles. The minimum atomic E-state index is -0.619. The summed E-state index contributed by atoms with van der Waals surface area (Å²) in [4.78, 5) is 40.1. The van der Waals surface area contributed by atoms with Crippen LogP contribution in [0.15, 0.2) is 103 Å².